The zero-order chi connectivity index (χ0) is 11.7. The van der Waals surface area contributed by atoms with Gasteiger partial charge < -0.3 is 15.3 Å². The minimum absolute atomic E-state index is 0.391. The molecule has 0 saturated carbocycles. The summed E-state index contributed by atoms with van der Waals surface area (Å²) in [6.45, 7) is 4.73. The minimum atomic E-state index is 0.391. The van der Waals surface area contributed by atoms with Crippen molar-refractivity contribution in [1.29, 1.82) is 0 Å². The van der Waals surface area contributed by atoms with Crippen molar-refractivity contribution in [2.45, 2.75) is 26.3 Å². The summed E-state index contributed by atoms with van der Waals surface area (Å²) in [5.41, 5.74) is 8.83. The number of hydrogen-bond donors (Lipinski definition) is 2. The Balaban J connectivity index is 2.47. The zero-order valence-corrected chi connectivity index (χ0v) is 9.99. The molecule has 0 saturated heterocycles. The maximum absolute atomic E-state index is 5.73. The molecule has 0 aliphatic heterocycles. The van der Waals surface area contributed by atoms with Crippen molar-refractivity contribution in [3.05, 3.63) is 30.0 Å². The first kappa shape index (κ1) is 11.0. The van der Waals surface area contributed by atoms with Gasteiger partial charge in [0.1, 0.15) is 5.82 Å². The topological polar surface area (TPSA) is 59.6 Å². The van der Waals surface area contributed by atoms with E-state index in [-0.39, 0.29) is 0 Å². The highest BCUT2D eigenvalue weighted by Crippen LogP contribution is 2.24. The van der Waals surface area contributed by atoms with Crippen LogP contribution in [0.1, 0.15) is 31.3 Å². The van der Waals surface area contributed by atoms with Gasteiger partial charge in [-0.25, -0.2) is 4.98 Å². The first-order valence-electron chi connectivity index (χ1n) is 5.53. The van der Waals surface area contributed by atoms with Crippen molar-refractivity contribution in [1.82, 2.24) is 14.5 Å². The van der Waals surface area contributed by atoms with E-state index in [2.05, 4.69) is 36.1 Å². The lowest BCUT2D eigenvalue weighted by atomic mass is 10.2. The third-order valence-corrected chi connectivity index (χ3v) is 2.65. The summed E-state index contributed by atoms with van der Waals surface area (Å²) in [7, 11) is 2.00. The highest BCUT2D eigenvalue weighted by molar-refractivity contribution is 5.61. The Morgan fingerprint density at radius 2 is 2.25 bits per heavy atom. The number of aromatic nitrogens is 3. The molecule has 2 heterocycles. The number of nitrogens with zero attached hydrogens (tertiary/aromatic N) is 2. The summed E-state index contributed by atoms with van der Waals surface area (Å²) in [6.07, 6.45) is 4.07. The summed E-state index contributed by atoms with van der Waals surface area (Å²) in [6, 6.07) is 2.06. The molecule has 86 valence electrons. The van der Waals surface area contributed by atoms with Crippen LogP contribution in [0.3, 0.4) is 0 Å². The minimum Gasteiger partial charge on any atom is -0.357 e. The van der Waals surface area contributed by atoms with E-state index in [1.807, 2.05) is 17.8 Å². The lowest BCUT2D eigenvalue weighted by Gasteiger charge is -1.96. The molecule has 2 aromatic rings. The Bertz CT molecular complexity index is 479. The van der Waals surface area contributed by atoms with Crippen LogP contribution in [0.2, 0.25) is 0 Å². The second-order valence-electron chi connectivity index (χ2n) is 4.37. The van der Waals surface area contributed by atoms with E-state index in [0.717, 1.165) is 22.8 Å². The average molecular weight is 218 g/mol. The second kappa shape index (κ2) is 4.14. The maximum Gasteiger partial charge on any atom is 0.109 e. The summed E-state index contributed by atoms with van der Waals surface area (Å²) in [4.78, 5) is 7.91. The van der Waals surface area contributed by atoms with Gasteiger partial charge >= 0.3 is 0 Å². The standard InChI is InChI=1S/C12H18N4/c1-8(2)12-14-10(6-13)11(15-12)9-4-5-16(3)7-9/h4-5,7-8H,6,13H2,1-3H3,(H,14,15). The number of nitrogens with two attached hydrogens (primary N) is 1. The predicted molar refractivity (Wildman–Crippen MR) is 65.0 cm³/mol. The molecular weight excluding hydrogens is 200 g/mol. The summed E-state index contributed by atoms with van der Waals surface area (Å²) in [5, 5.41) is 0. The van der Waals surface area contributed by atoms with Crippen LogP contribution in [-0.2, 0) is 13.6 Å². The van der Waals surface area contributed by atoms with Crippen molar-refractivity contribution < 1.29 is 0 Å². The van der Waals surface area contributed by atoms with Crippen LogP contribution in [0.15, 0.2) is 18.5 Å². The highest BCUT2D eigenvalue weighted by Gasteiger charge is 2.13. The first-order valence-corrected chi connectivity index (χ1v) is 5.53. The number of rotatable bonds is 3. The SMILES string of the molecule is CC(C)c1nc(-c2ccn(C)c2)c(CN)[nH]1. The smallest absolute Gasteiger partial charge is 0.109 e. The third kappa shape index (κ3) is 1.88. The number of aromatic amines is 1. The van der Waals surface area contributed by atoms with Gasteiger partial charge in [-0.3, -0.25) is 0 Å². The molecule has 16 heavy (non-hydrogen) atoms. The normalized spacial score (nSPS) is 11.3. The van der Waals surface area contributed by atoms with E-state index < -0.39 is 0 Å². The van der Waals surface area contributed by atoms with Gasteiger partial charge in [0.15, 0.2) is 0 Å². The lowest BCUT2D eigenvalue weighted by Crippen LogP contribution is -1.98. The van der Waals surface area contributed by atoms with Crippen LogP contribution >= 0.6 is 0 Å². The Morgan fingerprint density at radius 3 is 2.75 bits per heavy atom. The summed E-state index contributed by atoms with van der Waals surface area (Å²) < 4.78 is 2.01. The average Bonchev–Trinajstić information content (AvgIpc) is 2.82. The molecule has 0 spiro atoms. The van der Waals surface area contributed by atoms with Gasteiger partial charge in [-0.1, -0.05) is 13.8 Å². The van der Waals surface area contributed by atoms with Gasteiger partial charge in [0.2, 0.25) is 0 Å². The van der Waals surface area contributed by atoms with Gasteiger partial charge in [0.05, 0.1) is 11.4 Å². The van der Waals surface area contributed by atoms with Gasteiger partial charge in [-0.05, 0) is 6.07 Å². The molecular formula is C12H18N4. The highest BCUT2D eigenvalue weighted by atomic mass is 15.0. The Morgan fingerprint density at radius 1 is 1.50 bits per heavy atom. The number of hydrogen-bond acceptors (Lipinski definition) is 2. The molecule has 0 aliphatic rings. The lowest BCUT2D eigenvalue weighted by molar-refractivity contribution is 0.788. The zero-order valence-electron chi connectivity index (χ0n) is 9.99. The van der Waals surface area contributed by atoms with Gasteiger partial charge in [0, 0.05) is 37.5 Å². The summed E-state index contributed by atoms with van der Waals surface area (Å²) in [5.74, 6) is 1.39. The maximum atomic E-state index is 5.73. The van der Waals surface area contributed by atoms with E-state index in [1.54, 1.807) is 0 Å². The fraction of sp³-hybridized carbons (Fsp3) is 0.417. The first-order chi connectivity index (χ1) is 7.61. The molecule has 3 N–H and O–H groups in total. The van der Waals surface area contributed by atoms with E-state index >= 15 is 0 Å². The largest absolute Gasteiger partial charge is 0.357 e. The van der Waals surface area contributed by atoms with Crippen molar-refractivity contribution >= 4 is 0 Å². The number of imidazole rings is 1. The second-order valence-corrected chi connectivity index (χ2v) is 4.37. The summed E-state index contributed by atoms with van der Waals surface area (Å²) >= 11 is 0. The molecule has 0 aliphatic carbocycles. The fourth-order valence-electron chi connectivity index (χ4n) is 1.73. The van der Waals surface area contributed by atoms with Crippen molar-refractivity contribution in [3.63, 3.8) is 0 Å². The Labute approximate surface area is 95.5 Å². The number of nitrogens with one attached hydrogen (secondary N) is 1. The van der Waals surface area contributed by atoms with Gasteiger partial charge in [0.25, 0.3) is 0 Å². The van der Waals surface area contributed by atoms with E-state index in [9.17, 15) is 0 Å². The molecule has 0 atom stereocenters. The molecule has 2 rings (SSSR count). The molecule has 0 aromatic carbocycles. The molecule has 0 radical (unpaired) electrons. The molecule has 4 nitrogen and oxygen atoms in total. The van der Waals surface area contributed by atoms with E-state index in [0.29, 0.717) is 12.5 Å². The molecule has 0 unspecified atom stereocenters. The third-order valence-electron chi connectivity index (χ3n) is 2.65. The van der Waals surface area contributed by atoms with Crippen LogP contribution < -0.4 is 5.73 Å². The van der Waals surface area contributed by atoms with Crippen LogP contribution in [-0.4, -0.2) is 14.5 Å². The molecule has 4 heteroatoms. The number of aryl methyl sites for hydroxylation is 1. The quantitative estimate of drug-likeness (QED) is 0.827. The van der Waals surface area contributed by atoms with Crippen molar-refractivity contribution in [2.24, 2.45) is 12.8 Å². The molecule has 2 aromatic heterocycles. The Kier molecular flexibility index (Phi) is 2.83. The van der Waals surface area contributed by atoms with E-state index in [1.165, 1.54) is 0 Å². The van der Waals surface area contributed by atoms with Crippen LogP contribution in [0.5, 0.6) is 0 Å². The Hall–Kier alpha value is -1.55. The van der Waals surface area contributed by atoms with Crippen molar-refractivity contribution in [3.8, 4) is 11.3 Å². The van der Waals surface area contributed by atoms with Gasteiger partial charge in [-0.15, -0.1) is 0 Å². The fourth-order valence-corrected chi connectivity index (χ4v) is 1.73. The predicted octanol–water partition coefficient (Wildman–Crippen LogP) is 2.00. The molecule has 0 amide bonds. The monoisotopic (exact) mass is 218 g/mol. The van der Waals surface area contributed by atoms with E-state index in [4.69, 9.17) is 5.73 Å². The van der Waals surface area contributed by atoms with Crippen molar-refractivity contribution in [2.75, 3.05) is 0 Å². The molecule has 0 fully saturated rings. The van der Waals surface area contributed by atoms with Crippen LogP contribution in [0.4, 0.5) is 0 Å². The van der Waals surface area contributed by atoms with Gasteiger partial charge in [-0.2, -0.15) is 0 Å². The van der Waals surface area contributed by atoms with Crippen LogP contribution in [0, 0.1) is 0 Å². The molecule has 0 bridgehead atoms. The number of H-pyrrole nitrogens is 1. The van der Waals surface area contributed by atoms with Crippen LogP contribution in [0.25, 0.3) is 11.3 Å².